The zero-order valence-corrected chi connectivity index (χ0v) is 8.91. The number of aliphatic carboxylic acids is 1. The molecule has 1 aromatic carbocycles. The first-order valence-electron chi connectivity index (χ1n) is 5.08. The van der Waals surface area contributed by atoms with Gasteiger partial charge in [0, 0.05) is 12.1 Å². The molecule has 1 fully saturated rings. The van der Waals surface area contributed by atoms with Gasteiger partial charge in [-0.15, -0.1) is 0 Å². The van der Waals surface area contributed by atoms with Crippen molar-refractivity contribution in [3.05, 3.63) is 29.6 Å². The second kappa shape index (κ2) is 4.32. The molecular formula is C11H8F3NO3. The number of rotatable bonds is 3. The van der Waals surface area contributed by atoms with Gasteiger partial charge in [0.15, 0.2) is 11.6 Å². The topological polar surface area (TPSA) is 66.4 Å². The van der Waals surface area contributed by atoms with Crippen LogP contribution in [0.5, 0.6) is 0 Å². The molecule has 96 valence electrons. The molecule has 2 atom stereocenters. The highest BCUT2D eigenvalue weighted by Gasteiger charge is 2.48. The molecule has 0 aromatic heterocycles. The lowest BCUT2D eigenvalue weighted by Gasteiger charge is -2.06. The van der Waals surface area contributed by atoms with E-state index in [4.69, 9.17) is 5.11 Å². The molecule has 0 bridgehead atoms. The summed E-state index contributed by atoms with van der Waals surface area (Å²) in [6.07, 6.45) is 0.159. The van der Waals surface area contributed by atoms with E-state index in [-0.39, 0.29) is 6.42 Å². The minimum atomic E-state index is -1.36. The van der Waals surface area contributed by atoms with Crippen LogP contribution in [-0.4, -0.2) is 17.0 Å². The van der Waals surface area contributed by atoms with E-state index in [9.17, 15) is 22.8 Å². The van der Waals surface area contributed by atoms with Gasteiger partial charge in [0.25, 0.3) is 0 Å². The van der Waals surface area contributed by atoms with Gasteiger partial charge in [-0.2, -0.15) is 0 Å². The average Bonchev–Trinajstić information content (AvgIpc) is 3.05. The minimum absolute atomic E-state index is 0.159. The molecule has 7 heteroatoms. The molecule has 0 radical (unpaired) electrons. The van der Waals surface area contributed by atoms with Crippen molar-refractivity contribution in [1.29, 1.82) is 0 Å². The van der Waals surface area contributed by atoms with Gasteiger partial charge in [-0.3, -0.25) is 9.59 Å². The Morgan fingerprint density at radius 1 is 1.11 bits per heavy atom. The lowest BCUT2D eigenvalue weighted by atomic mass is 10.2. The summed E-state index contributed by atoms with van der Waals surface area (Å²) in [5, 5.41) is 10.7. The zero-order chi connectivity index (χ0) is 13.4. The summed E-state index contributed by atoms with van der Waals surface area (Å²) in [4.78, 5) is 22.0. The summed E-state index contributed by atoms with van der Waals surface area (Å²) in [5.41, 5.74) is -0.505. The molecule has 2 N–H and O–H groups in total. The molecular weight excluding hydrogens is 251 g/mol. The number of amides is 1. The van der Waals surface area contributed by atoms with Crippen molar-refractivity contribution in [3.8, 4) is 0 Å². The highest BCUT2D eigenvalue weighted by molar-refractivity contribution is 5.98. The number of carboxylic acid groups (broad SMARTS) is 1. The van der Waals surface area contributed by atoms with Crippen LogP contribution < -0.4 is 5.32 Å². The van der Waals surface area contributed by atoms with Crippen molar-refractivity contribution in [2.24, 2.45) is 11.8 Å². The number of anilines is 1. The highest BCUT2D eigenvalue weighted by Crippen LogP contribution is 2.39. The third-order valence-electron chi connectivity index (χ3n) is 2.71. The Hall–Kier alpha value is -2.05. The maximum Gasteiger partial charge on any atom is 0.307 e. The predicted octanol–water partition coefficient (Wildman–Crippen LogP) is 1.76. The van der Waals surface area contributed by atoms with Gasteiger partial charge < -0.3 is 10.4 Å². The van der Waals surface area contributed by atoms with E-state index in [1.807, 2.05) is 5.32 Å². The van der Waals surface area contributed by atoms with Gasteiger partial charge in [-0.1, -0.05) is 0 Å². The third kappa shape index (κ3) is 2.29. The van der Waals surface area contributed by atoms with Gasteiger partial charge in [0.1, 0.15) is 5.82 Å². The summed E-state index contributed by atoms with van der Waals surface area (Å²) in [6.45, 7) is 0. The lowest BCUT2D eigenvalue weighted by Crippen LogP contribution is -2.17. The Bertz CT molecular complexity index is 533. The Morgan fingerprint density at radius 3 is 2.28 bits per heavy atom. The first-order chi connectivity index (χ1) is 8.40. The maximum atomic E-state index is 13.2. The zero-order valence-electron chi connectivity index (χ0n) is 8.91. The average molecular weight is 259 g/mol. The lowest BCUT2D eigenvalue weighted by molar-refractivity contribution is -0.139. The number of halogens is 3. The van der Waals surface area contributed by atoms with Crippen LogP contribution in [0.15, 0.2) is 12.1 Å². The number of benzene rings is 1. The summed E-state index contributed by atoms with van der Waals surface area (Å²) in [5.74, 6) is -7.14. The van der Waals surface area contributed by atoms with Crippen LogP contribution in [0, 0.1) is 29.3 Å². The van der Waals surface area contributed by atoms with Crippen LogP contribution in [0.4, 0.5) is 18.9 Å². The molecule has 1 aliphatic carbocycles. The summed E-state index contributed by atoms with van der Waals surface area (Å²) < 4.78 is 38.7. The Balaban J connectivity index is 2.09. The number of carbonyl (C=O) groups is 2. The second-order valence-electron chi connectivity index (χ2n) is 4.02. The van der Waals surface area contributed by atoms with Crippen LogP contribution in [0.2, 0.25) is 0 Å². The normalized spacial score (nSPS) is 21.5. The largest absolute Gasteiger partial charge is 0.481 e. The molecule has 1 aliphatic rings. The fourth-order valence-corrected chi connectivity index (χ4v) is 1.60. The molecule has 0 aliphatic heterocycles. The van der Waals surface area contributed by atoms with E-state index in [1.54, 1.807) is 0 Å². The number of carbonyl (C=O) groups excluding carboxylic acids is 1. The second-order valence-corrected chi connectivity index (χ2v) is 4.02. The molecule has 0 heterocycles. The van der Waals surface area contributed by atoms with Gasteiger partial charge >= 0.3 is 5.97 Å². The van der Waals surface area contributed by atoms with Crippen molar-refractivity contribution >= 4 is 17.6 Å². The fraction of sp³-hybridized carbons (Fsp3) is 0.273. The highest BCUT2D eigenvalue weighted by atomic mass is 19.2. The smallest absolute Gasteiger partial charge is 0.307 e. The van der Waals surface area contributed by atoms with E-state index < -0.39 is 46.9 Å². The van der Waals surface area contributed by atoms with E-state index in [1.165, 1.54) is 0 Å². The minimum Gasteiger partial charge on any atom is -0.481 e. The molecule has 4 nitrogen and oxygen atoms in total. The van der Waals surface area contributed by atoms with Crippen LogP contribution in [0.3, 0.4) is 0 Å². The van der Waals surface area contributed by atoms with Crippen molar-refractivity contribution < 1.29 is 27.9 Å². The van der Waals surface area contributed by atoms with Crippen molar-refractivity contribution in [2.45, 2.75) is 6.42 Å². The molecule has 0 spiro atoms. The number of carboxylic acids is 1. The number of hydrogen-bond donors (Lipinski definition) is 2. The molecule has 1 amide bonds. The Morgan fingerprint density at radius 2 is 1.72 bits per heavy atom. The standard InChI is InChI=1S/C11H8F3NO3/c12-6-2-8(14)9(3-7(6)13)15-10(16)4-1-5(4)11(17)18/h2-5H,1H2,(H,15,16)(H,17,18). The molecule has 2 unspecified atom stereocenters. The van der Waals surface area contributed by atoms with E-state index in [2.05, 4.69) is 0 Å². The molecule has 2 rings (SSSR count). The van der Waals surface area contributed by atoms with Gasteiger partial charge in [0.05, 0.1) is 17.5 Å². The fourth-order valence-electron chi connectivity index (χ4n) is 1.60. The third-order valence-corrected chi connectivity index (χ3v) is 2.71. The van der Waals surface area contributed by atoms with Crippen LogP contribution in [0.1, 0.15) is 6.42 Å². The Labute approximate surface area is 99.4 Å². The summed E-state index contributed by atoms with van der Waals surface area (Å²) in [7, 11) is 0. The van der Waals surface area contributed by atoms with E-state index in [0.29, 0.717) is 12.1 Å². The van der Waals surface area contributed by atoms with Crippen molar-refractivity contribution in [3.63, 3.8) is 0 Å². The van der Waals surface area contributed by atoms with Crippen LogP contribution in [0.25, 0.3) is 0 Å². The molecule has 1 aromatic rings. The van der Waals surface area contributed by atoms with E-state index >= 15 is 0 Å². The summed E-state index contributed by atoms with van der Waals surface area (Å²) >= 11 is 0. The van der Waals surface area contributed by atoms with Crippen molar-refractivity contribution in [2.75, 3.05) is 5.32 Å². The molecule has 18 heavy (non-hydrogen) atoms. The van der Waals surface area contributed by atoms with Gasteiger partial charge in [0.2, 0.25) is 5.91 Å². The quantitative estimate of drug-likeness (QED) is 0.813. The van der Waals surface area contributed by atoms with Crippen molar-refractivity contribution in [1.82, 2.24) is 0 Å². The predicted molar refractivity (Wildman–Crippen MR) is 54.2 cm³/mol. The number of hydrogen-bond acceptors (Lipinski definition) is 2. The SMILES string of the molecule is O=C(O)C1CC1C(=O)Nc1cc(F)c(F)cc1F. The monoisotopic (exact) mass is 259 g/mol. The van der Waals surface area contributed by atoms with Gasteiger partial charge in [-0.25, -0.2) is 13.2 Å². The molecule has 0 saturated heterocycles. The van der Waals surface area contributed by atoms with Crippen LogP contribution >= 0.6 is 0 Å². The van der Waals surface area contributed by atoms with Crippen LogP contribution in [-0.2, 0) is 9.59 Å². The Kier molecular flexibility index (Phi) is 2.98. The first kappa shape index (κ1) is 12.4. The summed E-state index contributed by atoms with van der Waals surface area (Å²) in [6, 6.07) is 0.827. The van der Waals surface area contributed by atoms with E-state index in [0.717, 1.165) is 0 Å². The molecule has 1 saturated carbocycles. The first-order valence-corrected chi connectivity index (χ1v) is 5.08. The van der Waals surface area contributed by atoms with Gasteiger partial charge in [-0.05, 0) is 6.42 Å². The number of nitrogens with one attached hydrogen (secondary N) is 1. The maximum absolute atomic E-state index is 13.2.